The molecule has 0 bridgehead atoms. The third kappa shape index (κ3) is 6.71. The topological polar surface area (TPSA) is 116 Å². The minimum absolute atomic E-state index is 0.155. The van der Waals surface area contributed by atoms with E-state index in [1.54, 1.807) is 32.4 Å². The van der Waals surface area contributed by atoms with Crippen LogP contribution in [-0.2, 0) is 10.0 Å². The van der Waals surface area contributed by atoms with Crippen LogP contribution in [0.1, 0.15) is 50.7 Å². The van der Waals surface area contributed by atoms with Gasteiger partial charge in [0.1, 0.15) is 23.0 Å². The third-order valence-electron chi connectivity index (χ3n) is 6.96. The Morgan fingerprint density at radius 3 is 2.76 bits per heavy atom. The summed E-state index contributed by atoms with van der Waals surface area (Å²) < 4.78 is 40.6. The summed E-state index contributed by atoms with van der Waals surface area (Å²) in [7, 11) is -0.432. The van der Waals surface area contributed by atoms with E-state index in [9.17, 15) is 8.42 Å². The summed E-state index contributed by atoms with van der Waals surface area (Å²) in [4.78, 5) is 4.91. The summed E-state index contributed by atoms with van der Waals surface area (Å²) in [5, 5.41) is 14.8. The van der Waals surface area contributed by atoms with Crippen molar-refractivity contribution in [3.05, 3.63) is 82.8 Å². The fourth-order valence-electron chi connectivity index (χ4n) is 4.97. The van der Waals surface area contributed by atoms with Gasteiger partial charge in [0, 0.05) is 20.1 Å². The molecular weight excluding hydrogens is 538 g/mol. The molecule has 4 rings (SSSR count). The molecule has 2 aliphatic heterocycles. The van der Waals surface area contributed by atoms with Gasteiger partial charge in [-0.2, -0.15) is 4.31 Å². The van der Waals surface area contributed by atoms with Gasteiger partial charge < -0.3 is 25.5 Å². The number of aliphatic imine (C=N–C) groups is 1. The Labute approximate surface area is 243 Å². The average molecular weight is 578 g/mol. The molecule has 2 aliphatic rings. The van der Waals surface area contributed by atoms with E-state index in [0.717, 1.165) is 36.1 Å². The number of allylic oxidation sites excluding steroid dienone is 1. The van der Waals surface area contributed by atoms with Gasteiger partial charge in [-0.15, -0.1) is 0 Å². The van der Waals surface area contributed by atoms with Crippen LogP contribution in [0.3, 0.4) is 0 Å². The highest BCUT2D eigenvalue weighted by Gasteiger charge is 2.30. The number of benzene rings is 2. The molecule has 2 aromatic carbocycles. The number of sulfonamides is 1. The Bertz CT molecular complexity index is 1520. The Morgan fingerprint density at radius 1 is 1.24 bits per heavy atom. The molecule has 0 saturated carbocycles. The summed E-state index contributed by atoms with van der Waals surface area (Å²) in [5.74, 6) is 1.65. The molecule has 9 nitrogen and oxygen atoms in total. The number of amidine groups is 1. The lowest BCUT2D eigenvalue weighted by Crippen LogP contribution is -2.37. The van der Waals surface area contributed by atoms with Gasteiger partial charge in [0.25, 0.3) is 0 Å². The lowest BCUT2D eigenvalue weighted by atomic mass is 10.0. The largest absolute Gasteiger partial charge is 0.497 e. The van der Waals surface area contributed by atoms with Crippen LogP contribution in [0.4, 0.5) is 0 Å². The Hall–Kier alpha value is -3.89. The summed E-state index contributed by atoms with van der Waals surface area (Å²) in [6, 6.07) is 12.6. The van der Waals surface area contributed by atoms with Crippen LogP contribution in [0.25, 0.3) is 6.08 Å². The summed E-state index contributed by atoms with van der Waals surface area (Å²) in [6.45, 7) is 9.14. The maximum atomic E-state index is 13.9. The van der Waals surface area contributed by atoms with E-state index in [1.807, 2.05) is 44.2 Å². The Morgan fingerprint density at radius 2 is 2.05 bits per heavy atom. The zero-order valence-electron chi connectivity index (χ0n) is 24.2. The number of ether oxygens (including phenoxy) is 2. The number of hydrogen-bond acceptors (Lipinski definition) is 8. The molecule has 0 amide bonds. The number of likely N-dealkylation sites (N-methyl/N-ethyl adjacent to an activating group) is 1. The normalized spacial score (nSPS) is 17.2. The lowest BCUT2D eigenvalue weighted by Gasteiger charge is -2.29. The molecule has 0 unspecified atom stereocenters. The standard InChI is InChI=1S/C31H39N5O4S/c1-6-10-27(32)30-29(33-4)21(3)34-31(35-30)26-19-25(14-15-28(26)40-7-2)41(37,38)36-16-9-12-23(20-36)17-22-11-8-13-24(18-22)39-5/h8,11,13-15,17-19,32-33H,3,6-7,9-10,12,16,20H2,1-2,4-5H3,(H,34,35)/b23-17-,32-27?. The smallest absolute Gasteiger partial charge is 0.243 e. The first-order valence-electron chi connectivity index (χ1n) is 13.9. The minimum Gasteiger partial charge on any atom is -0.497 e. The Balaban J connectivity index is 1.71. The van der Waals surface area contributed by atoms with Crippen LogP contribution in [0.2, 0.25) is 0 Å². The van der Waals surface area contributed by atoms with E-state index in [0.29, 0.717) is 66.1 Å². The van der Waals surface area contributed by atoms with Crippen LogP contribution in [0.5, 0.6) is 11.5 Å². The van der Waals surface area contributed by atoms with Crippen LogP contribution in [0, 0.1) is 5.41 Å². The molecule has 2 heterocycles. The van der Waals surface area contributed by atoms with Crippen molar-refractivity contribution in [2.75, 3.05) is 33.9 Å². The molecule has 218 valence electrons. The van der Waals surface area contributed by atoms with Gasteiger partial charge >= 0.3 is 0 Å². The molecule has 0 radical (unpaired) electrons. The van der Waals surface area contributed by atoms with E-state index in [2.05, 4.69) is 17.2 Å². The van der Waals surface area contributed by atoms with Crippen molar-refractivity contribution in [2.24, 2.45) is 4.99 Å². The molecule has 10 heteroatoms. The van der Waals surface area contributed by atoms with Gasteiger partial charge in [-0.3, -0.25) is 0 Å². The molecule has 41 heavy (non-hydrogen) atoms. The summed E-state index contributed by atoms with van der Waals surface area (Å²) >= 11 is 0. The summed E-state index contributed by atoms with van der Waals surface area (Å²) in [6.07, 6.45) is 4.95. The first kappa shape index (κ1) is 30.1. The van der Waals surface area contributed by atoms with E-state index in [-0.39, 0.29) is 4.90 Å². The number of methoxy groups -OCH3 is 1. The highest BCUT2D eigenvalue weighted by Crippen LogP contribution is 2.31. The van der Waals surface area contributed by atoms with Crippen molar-refractivity contribution in [3.8, 4) is 11.5 Å². The first-order valence-corrected chi connectivity index (χ1v) is 15.3. The number of rotatable bonds is 11. The van der Waals surface area contributed by atoms with Gasteiger partial charge in [-0.1, -0.05) is 43.7 Å². The number of hydrogen-bond donors (Lipinski definition) is 3. The molecule has 1 fully saturated rings. The highest BCUT2D eigenvalue weighted by molar-refractivity contribution is 7.89. The van der Waals surface area contributed by atoms with Gasteiger partial charge in [-0.05, 0) is 62.1 Å². The second kappa shape index (κ2) is 13.2. The third-order valence-corrected chi connectivity index (χ3v) is 8.80. The van der Waals surface area contributed by atoms with Crippen molar-refractivity contribution in [3.63, 3.8) is 0 Å². The van der Waals surface area contributed by atoms with E-state index in [4.69, 9.17) is 19.9 Å². The fraction of sp³-hybridized carbons (Fsp3) is 0.355. The number of nitrogens with zero attached hydrogens (tertiary/aromatic N) is 2. The number of piperidine rings is 1. The van der Waals surface area contributed by atoms with Crippen molar-refractivity contribution in [2.45, 2.75) is 44.4 Å². The van der Waals surface area contributed by atoms with E-state index < -0.39 is 10.0 Å². The van der Waals surface area contributed by atoms with Crippen LogP contribution < -0.4 is 20.1 Å². The van der Waals surface area contributed by atoms with Crippen LogP contribution >= 0.6 is 0 Å². The molecule has 0 atom stereocenters. The predicted molar refractivity (Wildman–Crippen MR) is 164 cm³/mol. The SMILES string of the molecule is C=C1NC(c2cc(S(=O)(=O)N3CCC/C(=C/c4cccc(OC)c4)C3)ccc2OCC)=NC(C(=N)CCC)=C1NC. The molecule has 3 N–H and O–H groups in total. The van der Waals surface area contributed by atoms with Gasteiger partial charge in [-0.25, -0.2) is 13.4 Å². The zero-order valence-corrected chi connectivity index (χ0v) is 25.0. The molecule has 0 aromatic heterocycles. The maximum Gasteiger partial charge on any atom is 0.243 e. The zero-order chi connectivity index (χ0) is 29.6. The maximum absolute atomic E-state index is 13.9. The second-order valence-corrected chi connectivity index (χ2v) is 11.8. The summed E-state index contributed by atoms with van der Waals surface area (Å²) in [5.41, 5.74) is 4.55. The van der Waals surface area contributed by atoms with Gasteiger partial charge in [0.2, 0.25) is 10.0 Å². The average Bonchev–Trinajstić information content (AvgIpc) is 2.97. The Kier molecular flexibility index (Phi) is 9.67. The fourth-order valence-corrected chi connectivity index (χ4v) is 6.48. The van der Waals surface area contributed by atoms with Gasteiger partial charge in [0.15, 0.2) is 0 Å². The van der Waals surface area contributed by atoms with Crippen LogP contribution in [0.15, 0.2) is 81.6 Å². The van der Waals surface area contributed by atoms with Crippen molar-refractivity contribution in [1.29, 1.82) is 5.41 Å². The first-order chi connectivity index (χ1) is 19.7. The molecule has 0 aliphatic carbocycles. The van der Waals surface area contributed by atoms with Gasteiger partial charge in [0.05, 0.1) is 41.3 Å². The van der Waals surface area contributed by atoms with E-state index >= 15 is 0 Å². The molecule has 0 spiro atoms. The molecule has 1 saturated heterocycles. The predicted octanol–water partition coefficient (Wildman–Crippen LogP) is 5.08. The van der Waals surface area contributed by atoms with Crippen LogP contribution in [-0.4, -0.2) is 58.1 Å². The number of nitrogens with one attached hydrogen (secondary N) is 3. The lowest BCUT2D eigenvalue weighted by molar-refractivity contribution is 0.339. The monoisotopic (exact) mass is 577 g/mol. The van der Waals surface area contributed by atoms with Crippen molar-refractivity contribution in [1.82, 2.24) is 14.9 Å². The minimum atomic E-state index is -3.82. The second-order valence-electron chi connectivity index (χ2n) is 9.88. The quantitative estimate of drug-likeness (QED) is 0.321. The van der Waals surface area contributed by atoms with E-state index in [1.165, 1.54) is 4.31 Å². The molecular formula is C31H39N5O4S. The van der Waals surface area contributed by atoms with Crippen molar-refractivity contribution >= 4 is 27.6 Å². The highest BCUT2D eigenvalue weighted by atomic mass is 32.2. The molecule has 2 aromatic rings. The van der Waals surface area contributed by atoms with Crippen molar-refractivity contribution < 1.29 is 17.9 Å².